The second kappa shape index (κ2) is 10.0. The maximum Gasteiger partial charge on any atom is 0.242 e. The van der Waals surface area contributed by atoms with Gasteiger partial charge in [-0.2, -0.15) is 0 Å². The molecule has 0 radical (unpaired) electrons. The normalized spacial score (nSPS) is 11.6. The molecular weight excluding hydrogens is 276 g/mol. The van der Waals surface area contributed by atoms with E-state index in [2.05, 4.69) is 43.9 Å². The summed E-state index contributed by atoms with van der Waals surface area (Å²) in [4.78, 5) is 0. The van der Waals surface area contributed by atoms with Crippen molar-refractivity contribution >= 4 is 8.32 Å². The first-order valence-electron chi connectivity index (χ1n) is 8.40. The third-order valence-electron chi connectivity index (χ3n) is 3.47. The van der Waals surface area contributed by atoms with Crippen LogP contribution in [-0.2, 0) is 6.42 Å². The number of unbranched alkanes of at least 4 members (excludes halogenated alkanes) is 6. The van der Waals surface area contributed by atoms with E-state index in [-0.39, 0.29) is 0 Å². The fraction of sp³-hybridized carbons (Fsp3) is 0.667. The highest BCUT2D eigenvalue weighted by atomic mass is 28.4. The van der Waals surface area contributed by atoms with Crippen molar-refractivity contribution in [2.45, 2.75) is 71.0 Å². The van der Waals surface area contributed by atoms with Gasteiger partial charge in [0.1, 0.15) is 5.75 Å². The Morgan fingerprint density at radius 3 is 1.86 bits per heavy atom. The van der Waals surface area contributed by atoms with Gasteiger partial charge in [0.2, 0.25) is 8.32 Å². The highest BCUT2D eigenvalue weighted by Crippen LogP contribution is 2.18. The third kappa shape index (κ3) is 9.70. The number of aliphatic hydroxyl groups excluding tert-OH is 1. The van der Waals surface area contributed by atoms with Crippen molar-refractivity contribution in [3.8, 4) is 5.75 Å². The molecule has 1 aromatic carbocycles. The van der Waals surface area contributed by atoms with E-state index in [1.165, 1.54) is 50.5 Å². The van der Waals surface area contributed by atoms with Gasteiger partial charge in [0.05, 0.1) is 0 Å². The van der Waals surface area contributed by atoms with E-state index >= 15 is 0 Å². The predicted octanol–water partition coefficient (Wildman–Crippen LogP) is 5.17. The smallest absolute Gasteiger partial charge is 0.242 e. The molecule has 21 heavy (non-hydrogen) atoms. The minimum absolute atomic E-state index is 0.345. The van der Waals surface area contributed by atoms with Crippen molar-refractivity contribution in [2.75, 3.05) is 6.61 Å². The van der Waals surface area contributed by atoms with E-state index in [4.69, 9.17) is 9.53 Å². The molecule has 1 N–H and O–H groups in total. The van der Waals surface area contributed by atoms with Crippen LogP contribution in [0.3, 0.4) is 0 Å². The topological polar surface area (TPSA) is 29.5 Å². The first-order valence-corrected chi connectivity index (χ1v) is 11.8. The molecule has 0 atom stereocenters. The van der Waals surface area contributed by atoms with Crippen LogP contribution in [0.1, 0.15) is 50.5 Å². The van der Waals surface area contributed by atoms with Crippen LogP contribution in [0.25, 0.3) is 0 Å². The molecular formula is C18H32O2Si. The van der Waals surface area contributed by atoms with Crippen LogP contribution in [0.5, 0.6) is 5.75 Å². The molecule has 0 unspecified atom stereocenters. The molecule has 1 rings (SSSR count). The zero-order valence-corrected chi connectivity index (χ0v) is 15.0. The lowest BCUT2D eigenvalue weighted by Crippen LogP contribution is -2.29. The summed E-state index contributed by atoms with van der Waals surface area (Å²) in [5.41, 5.74) is 1.42. The van der Waals surface area contributed by atoms with Gasteiger partial charge >= 0.3 is 0 Å². The minimum Gasteiger partial charge on any atom is -0.544 e. The molecule has 0 amide bonds. The first-order chi connectivity index (χ1) is 10.0. The average molecular weight is 309 g/mol. The summed E-state index contributed by atoms with van der Waals surface area (Å²) < 4.78 is 5.97. The van der Waals surface area contributed by atoms with Crippen LogP contribution in [0, 0.1) is 0 Å². The summed E-state index contributed by atoms with van der Waals surface area (Å²) in [6.07, 6.45) is 9.79. The van der Waals surface area contributed by atoms with Crippen molar-refractivity contribution < 1.29 is 9.53 Å². The molecule has 0 saturated heterocycles. The van der Waals surface area contributed by atoms with E-state index in [9.17, 15) is 0 Å². The maximum absolute atomic E-state index is 8.71. The molecule has 2 nitrogen and oxygen atoms in total. The summed E-state index contributed by atoms with van der Waals surface area (Å²) in [7, 11) is -1.48. The lowest BCUT2D eigenvalue weighted by atomic mass is 10.0. The lowest BCUT2D eigenvalue weighted by Gasteiger charge is -2.19. The van der Waals surface area contributed by atoms with Crippen molar-refractivity contribution in [2.24, 2.45) is 0 Å². The summed E-state index contributed by atoms with van der Waals surface area (Å²) in [5, 5.41) is 8.71. The van der Waals surface area contributed by atoms with E-state index in [0.29, 0.717) is 6.61 Å². The van der Waals surface area contributed by atoms with Crippen molar-refractivity contribution in [1.82, 2.24) is 0 Å². The van der Waals surface area contributed by atoms with E-state index < -0.39 is 8.32 Å². The molecule has 0 fully saturated rings. The highest BCUT2D eigenvalue weighted by molar-refractivity contribution is 6.70. The highest BCUT2D eigenvalue weighted by Gasteiger charge is 2.15. The fourth-order valence-corrected chi connectivity index (χ4v) is 3.25. The van der Waals surface area contributed by atoms with Gasteiger partial charge in [-0.25, -0.2) is 0 Å². The third-order valence-corrected chi connectivity index (χ3v) is 4.32. The van der Waals surface area contributed by atoms with Gasteiger partial charge in [-0.15, -0.1) is 0 Å². The van der Waals surface area contributed by atoms with Gasteiger partial charge < -0.3 is 9.53 Å². The summed E-state index contributed by atoms with van der Waals surface area (Å²) in [6.45, 7) is 6.97. The van der Waals surface area contributed by atoms with Crippen LogP contribution in [-0.4, -0.2) is 20.0 Å². The number of benzene rings is 1. The number of rotatable bonds is 11. The summed E-state index contributed by atoms with van der Waals surface area (Å²) in [5.74, 6) is 1.02. The van der Waals surface area contributed by atoms with Gasteiger partial charge in [0.25, 0.3) is 0 Å². The van der Waals surface area contributed by atoms with Gasteiger partial charge in [-0.05, 0) is 56.6 Å². The number of hydrogen-bond donors (Lipinski definition) is 1. The monoisotopic (exact) mass is 308 g/mol. The molecule has 0 aromatic heterocycles. The molecule has 0 aliphatic carbocycles. The Morgan fingerprint density at radius 1 is 0.810 bits per heavy atom. The first kappa shape index (κ1) is 18.2. The standard InChI is InChI=1S/C18H32O2Si/c1-21(2,3)20-18-14-12-17(13-15-18)11-9-7-5-4-6-8-10-16-19/h12-15,19H,4-11,16H2,1-3H3. The zero-order chi connectivity index (χ0) is 15.6. The Morgan fingerprint density at radius 2 is 1.33 bits per heavy atom. The van der Waals surface area contributed by atoms with E-state index in [0.717, 1.165) is 12.2 Å². The molecule has 0 aliphatic rings. The summed E-state index contributed by atoms with van der Waals surface area (Å²) in [6, 6.07) is 8.64. The SMILES string of the molecule is C[Si](C)(C)Oc1ccc(CCCCCCCCCO)cc1. The Bertz CT molecular complexity index is 368. The van der Waals surface area contributed by atoms with Gasteiger partial charge in [0, 0.05) is 6.61 Å². The van der Waals surface area contributed by atoms with Crippen LogP contribution < -0.4 is 4.43 Å². The van der Waals surface area contributed by atoms with E-state index in [1.54, 1.807) is 0 Å². The number of aryl methyl sites for hydroxylation is 1. The zero-order valence-electron chi connectivity index (χ0n) is 14.0. The minimum atomic E-state index is -1.48. The molecule has 0 bridgehead atoms. The fourth-order valence-electron chi connectivity index (χ4n) is 2.40. The van der Waals surface area contributed by atoms with E-state index in [1.807, 2.05) is 0 Å². The quantitative estimate of drug-likeness (QED) is 0.451. The maximum atomic E-state index is 8.71. The molecule has 0 saturated carbocycles. The second-order valence-corrected chi connectivity index (χ2v) is 11.2. The molecule has 1 aromatic rings. The van der Waals surface area contributed by atoms with Gasteiger partial charge in [0.15, 0.2) is 0 Å². The van der Waals surface area contributed by atoms with Crippen molar-refractivity contribution in [3.63, 3.8) is 0 Å². The van der Waals surface area contributed by atoms with Crippen LogP contribution in [0.4, 0.5) is 0 Å². The van der Waals surface area contributed by atoms with Gasteiger partial charge in [-0.3, -0.25) is 0 Å². The average Bonchev–Trinajstić information content (AvgIpc) is 2.42. The molecule has 120 valence electrons. The Balaban J connectivity index is 2.13. The Kier molecular flexibility index (Phi) is 8.70. The van der Waals surface area contributed by atoms with Gasteiger partial charge in [-0.1, -0.05) is 44.2 Å². The number of hydrogen-bond acceptors (Lipinski definition) is 2. The Labute approximate surface area is 131 Å². The van der Waals surface area contributed by atoms with Crippen LogP contribution in [0.15, 0.2) is 24.3 Å². The molecule has 0 aliphatic heterocycles. The van der Waals surface area contributed by atoms with Crippen LogP contribution in [0.2, 0.25) is 19.6 Å². The predicted molar refractivity (Wildman–Crippen MR) is 93.5 cm³/mol. The molecule has 3 heteroatoms. The van der Waals surface area contributed by atoms with Crippen molar-refractivity contribution in [1.29, 1.82) is 0 Å². The lowest BCUT2D eigenvalue weighted by molar-refractivity contribution is 0.282. The number of aliphatic hydroxyl groups is 1. The molecule has 0 heterocycles. The van der Waals surface area contributed by atoms with Crippen LogP contribution >= 0.6 is 0 Å². The second-order valence-electron chi connectivity index (χ2n) is 6.81. The Hall–Kier alpha value is -0.803. The molecule has 0 spiro atoms. The van der Waals surface area contributed by atoms with Crippen molar-refractivity contribution in [3.05, 3.63) is 29.8 Å². The summed E-state index contributed by atoms with van der Waals surface area (Å²) >= 11 is 0. The largest absolute Gasteiger partial charge is 0.544 e.